The molecule has 0 saturated carbocycles. The summed E-state index contributed by atoms with van der Waals surface area (Å²) < 4.78 is 6.24. The van der Waals surface area contributed by atoms with Gasteiger partial charge in [-0.1, -0.05) is 30.3 Å². The highest BCUT2D eigenvalue weighted by Crippen LogP contribution is 2.14. The van der Waals surface area contributed by atoms with Gasteiger partial charge in [-0.15, -0.1) is 0 Å². The summed E-state index contributed by atoms with van der Waals surface area (Å²) in [4.78, 5) is 26.7. The van der Waals surface area contributed by atoms with Crippen LogP contribution in [0.4, 0.5) is 0 Å². The second kappa shape index (κ2) is 9.43. The summed E-state index contributed by atoms with van der Waals surface area (Å²) in [7, 11) is 1.56. The molecule has 2 aromatic rings. The second-order valence-electron chi connectivity index (χ2n) is 6.78. The van der Waals surface area contributed by atoms with Gasteiger partial charge in [-0.2, -0.15) is 5.10 Å². The molecule has 1 amide bonds. The molecule has 27 heavy (non-hydrogen) atoms. The van der Waals surface area contributed by atoms with Gasteiger partial charge in [0.2, 0.25) is 0 Å². The first-order chi connectivity index (χ1) is 13.2. The van der Waals surface area contributed by atoms with Gasteiger partial charge in [0.1, 0.15) is 5.69 Å². The predicted molar refractivity (Wildman–Crippen MR) is 103 cm³/mol. The molecule has 144 valence electrons. The molecule has 1 aliphatic rings. The largest absolute Gasteiger partial charge is 0.383 e. The molecule has 0 bridgehead atoms. The number of ether oxygens (including phenoxy) is 1. The van der Waals surface area contributed by atoms with Crippen LogP contribution in [0.15, 0.2) is 47.3 Å². The molecule has 1 aromatic heterocycles. The Balaban J connectivity index is 1.51. The molecular formula is C20H26N4O3. The summed E-state index contributed by atoms with van der Waals surface area (Å²) >= 11 is 0. The molecule has 2 heterocycles. The number of carbonyl (C=O) groups excluding carboxylic acids is 1. The first kappa shape index (κ1) is 19.3. The van der Waals surface area contributed by atoms with Crippen molar-refractivity contribution in [2.24, 2.45) is 0 Å². The molecule has 1 saturated heterocycles. The lowest BCUT2D eigenvalue weighted by atomic mass is 10.0. The highest BCUT2D eigenvalue weighted by Gasteiger charge is 2.22. The zero-order valence-electron chi connectivity index (χ0n) is 15.6. The van der Waals surface area contributed by atoms with Crippen LogP contribution >= 0.6 is 0 Å². The lowest BCUT2D eigenvalue weighted by molar-refractivity contribution is 0.0900. The third-order valence-electron chi connectivity index (χ3n) is 4.78. The molecule has 1 N–H and O–H groups in total. The second-order valence-corrected chi connectivity index (χ2v) is 6.78. The number of aromatic nitrogens is 2. The highest BCUT2D eigenvalue weighted by atomic mass is 16.5. The van der Waals surface area contributed by atoms with Crippen LogP contribution in [0.5, 0.6) is 0 Å². The standard InChI is InChI=1S/C20H26N4O3/c1-27-14-13-24-19(25)8-7-18(22-24)20(26)21-17-9-11-23(12-10-17)15-16-5-3-2-4-6-16/h2-8,17H,9-15H2,1H3,(H,21,26). The summed E-state index contributed by atoms with van der Waals surface area (Å²) in [5.74, 6) is -0.234. The summed E-state index contributed by atoms with van der Waals surface area (Å²) in [5, 5.41) is 7.20. The summed E-state index contributed by atoms with van der Waals surface area (Å²) in [5.41, 5.74) is 1.33. The number of rotatable bonds is 7. The number of methoxy groups -OCH3 is 1. The average molecular weight is 370 g/mol. The Labute approximate surface area is 158 Å². The van der Waals surface area contributed by atoms with E-state index in [1.54, 1.807) is 7.11 Å². The van der Waals surface area contributed by atoms with Gasteiger partial charge in [0, 0.05) is 38.9 Å². The maximum atomic E-state index is 12.5. The Morgan fingerprint density at radius 2 is 1.93 bits per heavy atom. The molecule has 3 rings (SSSR count). The van der Waals surface area contributed by atoms with Crippen molar-refractivity contribution in [3.63, 3.8) is 0 Å². The number of carbonyl (C=O) groups is 1. The van der Waals surface area contributed by atoms with Crippen molar-refractivity contribution in [3.8, 4) is 0 Å². The number of likely N-dealkylation sites (tertiary alicyclic amines) is 1. The van der Waals surface area contributed by atoms with Gasteiger partial charge in [-0.25, -0.2) is 4.68 Å². The van der Waals surface area contributed by atoms with Crippen LogP contribution < -0.4 is 10.9 Å². The van der Waals surface area contributed by atoms with Crippen molar-refractivity contribution >= 4 is 5.91 Å². The normalized spacial score (nSPS) is 15.6. The summed E-state index contributed by atoms with van der Waals surface area (Å²) in [6, 6.07) is 13.4. The predicted octanol–water partition coefficient (Wildman–Crippen LogP) is 1.28. The summed E-state index contributed by atoms with van der Waals surface area (Å²) in [6.07, 6.45) is 1.81. The number of nitrogens with one attached hydrogen (secondary N) is 1. The third kappa shape index (κ3) is 5.48. The van der Waals surface area contributed by atoms with E-state index in [1.807, 2.05) is 6.07 Å². The number of hydrogen-bond donors (Lipinski definition) is 1. The maximum absolute atomic E-state index is 12.5. The van der Waals surface area contributed by atoms with Crippen molar-refractivity contribution in [2.45, 2.75) is 32.0 Å². The number of piperidine rings is 1. The molecule has 7 heteroatoms. The van der Waals surface area contributed by atoms with Crippen molar-refractivity contribution in [2.75, 3.05) is 26.8 Å². The molecule has 0 radical (unpaired) electrons. The minimum atomic E-state index is -0.238. The molecule has 0 unspecified atom stereocenters. The lowest BCUT2D eigenvalue weighted by Crippen LogP contribution is -2.44. The van der Waals surface area contributed by atoms with E-state index in [-0.39, 0.29) is 23.2 Å². The van der Waals surface area contributed by atoms with Crippen molar-refractivity contribution in [1.29, 1.82) is 0 Å². The minimum Gasteiger partial charge on any atom is -0.383 e. The van der Waals surface area contributed by atoms with Gasteiger partial charge in [-0.3, -0.25) is 14.5 Å². The molecule has 1 aromatic carbocycles. The number of nitrogens with zero attached hydrogens (tertiary/aromatic N) is 3. The Morgan fingerprint density at radius 3 is 2.63 bits per heavy atom. The van der Waals surface area contributed by atoms with Crippen LogP contribution in [0.25, 0.3) is 0 Å². The molecule has 1 fully saturated rings. The Morgan fingerprint density at radius 1 is 1.19 bits per heavy atom. The van der Waals surface area contributed by atoms with Gasteiger partial charge >= 0.3 is 0 Å². The van der Waals surface area contributed by atoms with Crippen molar-refractivity contribution in [3.05, 3.63) is 64.1 Å². The van der Waals surface area contributed by atoms with Gasteiger partial charge in [0.15, 0.2) is 0 Å². The van der Waals surface area contributed by atoms with Gasteiger partial charge in [0.25, 0.3) is 11.5 Å². The molecule has 0 aliphatic carbocycles. The van der Waals surface area contributed by atoms with Crippen LogP contribution in [0.1, 0.15) is 28.9 Å². The van der Waals surface area contributed by atoms with E-state index in [0.29, 0.717) is 13.2 Å². The molecular weight excluding hydrogens is 344 g/mol. The van der Waals surface area contributed by atoms with E-state index in [0.717, 1.165) is 32.5 Å². The van der Waals surface area contributed by atoms with E-state index in [9.17, 15) is 9.59 Å². The van der Waals surface area contributed by atoms with Gasteiger partial charge in [0.05, 0.1) is 13.2 Å². The average Bonchev–Trinajstić information content (AvgIpc) is 2.69. The van der Waals surface area contributed by atoms with Crippen LogP contribution in [0, 0.1) is 0 Å². The Hall–Kier alpha value is -2.51. The van der Waals surface area contributed by atoms with E-state index in [1.165, 1.54) is 22.4 Å². The van der Waals surface area contributed by atoms with Crippen molar-refractivity contribution < 1.29 is 9.53 Å². The minimum absolute atomic E-state index is 0.130. The smallest absolute Gasteiger partial charge is 0.271 e. The molecule has 7 nitrogen and oxygen atoms in total. The number of benzene rings is 1. The van der Waals surface area contributed by atoms with Crippen LogP contribution in [0.3, 0.4) is 0 Å². The van der Waals surface area contributed by atoms with Crippen LogP contribution in [-0.2, 0) is 17.8 Å². The fourth-order valence-electron chi connectivity index (χ4n) is 3.24. The van der Waals surface area contributed by atoms with E-state index in [4.69, 9.17) is 4.74 Å². The first-order valence-electron chi connectivity index (χ1n) is 9.30. The number of hydrogen-bond acceptors (Lipinski definition) is 5. The summed E-state index contributed by atoms with van der Waals surface area (Å²) in [6.45, 7) is 3.53. The third-order valence-corrected chi connectivity index (χ3v) is 4.78. The van der Waals surface area contributed by atoms with Gasteiger partial charge < -0.3 is 10.1 Å². The maximum Gasteiger partial charge on any atom is 0.271 e. The Bertz CT molecular complexity index is 798. The zero-order chi connectivity index (χ0) is 19.1. The monoisotopic (exact) mass is 370 g/mol. The fraction of sp³-hybridized carbons (Fsp3) is 0.450. The zero-order valence-corrected chi connectivity index (χ0v) is 15.6. The van der Waals surface area contributed by atoms with E-state index < -0.39 is 0 Å². The fourth-order valence-corrected chi connectivity index (χ4v) is 3.24. The molecule has 0 atom stereocenters. The highest BCUT2D eigenvalue weighted by molar-refractivity contribution is 5.92. The van der Waals surface area contributed by atoms with Gasteiger partial charge in [-0.05, 0) is 24.5 Å². The van der Waals surface area contributed by atoms with Crippen LogP contribution in [0.2, 0.25) is 0 Å². The Kier molecular flexibility index (Phi) is 6.73. The van der Waals surface area contributed by atoms with Crippen LogP contribution in [-0.4, -0.2) is 53.4 Å². The quantitative estimate of drug-likeness (QED) is 0.795. The molecule has 1 aliphatic heterocycles. The van der Waals surface area contributed by atoms with Crippen molar-refractivity contribution in [1.82, 2.24) is 20.0 Å². The van der Waals surface area contributed by atoms with E-state index in [2.05, 4.69) is 39.6 Å². The first-order valence-corrected chi connectivity index (χ1v) is 9.30. The lowest BCUT2D eigenvalue weighted by Gasteiger charge is -2.32. The number of amides is 1. The van der Waals surface area contributed by atoms with E-state index >= 15 is 0 Å². The topological polar surface area (TPSA) is 76.5 Å². The molecule has 0 spiro atoms. The SMILES string of the molecule is COCCn1nc(C(=O)NC2CCN(Cc3ccccc3)CC2)ccc1=O.